The van der Waals surface area contributed by atoms with Crippen LogP contribution in [0.3, 0.4) is 0 Å². The van der Waals surface area contributed by atoms with Crippen molar-refractivity contribution in [2.75, 3.05) is 11.9 Å². The second-order valence-corrected chi connectivity index (χ2v) is 4.55. The lowest BCUT2D eigenvalue weighted by atomic mass is 10.2. The van der Waals surface area contributed by atoms with Crippen molar-refractivity contribution in [3.05, 3.63) is 48.1 Å². The molecule has 2 rings (SSSR count). The van der Waals surface area contributed by atoms with Crippen LogP contribution in [0.5, 0.6) is 0 Å². The van der Waals surface area contributed by atoms with Gasteiger partial charge in [0.2, 0.25) is 0 Å². The van der Waals surface area contributed by atoms with Gasteiger partial charge in [0.25, 0.3) is 0 Å². The minimum absolute atomic E-state index is 0.289. The molecule has 2 aromatic rings. The smallest absolute Gasteiger partial charge is 0.335 e. The molecule has 0 saturated carbocycles. The van der Waals surface area contributed by atoms with Crippen molar-refractivity contribution in [1.29, 1.82) is 0 Å². The number of nitrogens with zero attached hydrogens (tertiary/aromatic N) is 2. The summed E-state index contributed by atoms with van der Waals surface area (Å²) in [5, 5.41) is 11.4. The number of nitrogens with one attached hydrogen (secondary N) is 1. The van der Waals surface area contributed by atoms with Gasteiger partial charge in [0, 0.05) is 25.5 Å². The van der Waals surface area contributed by atoms with Crippen LogP contribution in [0.25, 0.3) is 0 Å². The number of aryl methyl sites for hydroxylation is 1. The number of aromatic carboxylic acids is 1. The second kappa shape index (κ2) is 6.83. The molecule has 0 amide bonds. The number of unbranched alkanes of at least 4 members (excludes halogenated alkanes) is 1. The van der Waals surface area contributed by atoms with Crippen molar-refractivity contribution in [3.63, 3.8) is 0 Å². The average molecular weight is 295 g/mol. The number of anilines is 1. The van der Waals surface area contributed by atoms with Gasteiger partial charge in [-0.05, 0) is 25.0 Å². The van der Waals surface area contributed by atoms with Crippen molar-refractivity contribution in [3.8, 4) is 0 Å². The van der Waals surface area contributed by atoms with Gasteiger partial charge in [0.1, 0.15) is 17.3 Å². The highest BCUT2D eigenvalue weighted by Crippen LogP contribution is 2.21. The summed E-state index contributed by atoms with van der Waals surface area (Å²) in [7, 11) is 0. The van der Waals surface area contributed by atoms with Crippen LogP contribution in [0, 0.1) is 11.6 Å². The molecule has 0 bridgehead atoms. The Morgan fingerprint density at radius 3 is 2.57 bits per heavy atom. The van der Waals surface area contributed by atoms with E-state index < -0.39 is 23.2 Å². The Hall–Kier alpha value is -2.44. The molecule has 1 heterocycles. The van der Waals surface area contributed by atoms with Crippen LogP contribution in [0.15, 0.2) is 30.9 Å². The Labute approximate surface area is 120 Å². The zero-order chi connectivity index (χ0) is 15.2. The van der Waals surface area contributed by atoms with Crippen LogP contribution >= 0.6 is 0 Å². The molecule has 0 fully saturated rings. The lowest BCUT2D eigenvalue weighted by molar-refractivity contribution is 0.0696. The monoisotopic (exact) mass is 295 g/mol. The number of aromatic nitrogens is 2. The average Bonchev–Trinajstić information content (AvgIpc) is 2.93. The Balaban J connectivity index is 1.84. The summed E-state index contributed by atoms with van der Waals surface area (Å²) in [6, 6.07) is 1.61. The Bertz CT molecular complexity index is 592. The first-order valence-corrected chi connectivity index (χ1v) is 6.50. The first kappa shape index (κ1) is 15.0. The van der Waals surface area contributed by atoms with Crippen molar-refractivity contribution in [2.45, 2.75) is 19.4 Å². The van der Waals surface area contributed by atoms with E-state index in [-0.39, 0.29) is 5.69 Å². The van der Waals surface area contributed by atoms with E-state index in [1.807, 2.05) is 10.8 Å². The molecule has 7 heteroatoms. The van der Waals surface area contributed by atoms with Crippen LogP contribution < -0.4 is 5.32 Å². The van der Waals surface area contributed by atoms with Gasteiger partial charge in [-0.3, -0.25) is 0 Å². The minimum atomic E-state index is -1.36. The van der Waals surface area contributed by atoms with Crippen LogP contribution in [-0.2, 0) is 6.54 Å². The predicted octanol–water partition coefficient (Wildman–Crippen LogP) is 2.75. The number of rotatable bonds is 7. The van der Waals surface area contributed by atoms with Crippen LogP contribution in [0.4, 0.5) is 14.5 Å². The molecule has 0 aliphatic rings. The number of halogens is 2. The molecule has 0 aliphatic carbocycles. The van der Waals surface area contributed by atoms with Crippen molar-refractivity contribution in [2.24, 2.45) is 0 Å². The molecule has 0 aliphatic heterocycles. The molecule has 0 saturated heterocycles. The molecule has 2 N–H and O–H groups in total. The number of hydrogen-bond acceptors (Lipinski definition) is 3. The van der Waals surface area contributed by atoms with Gasteiger partial charge in [-0.1, -0.05) is 0 Å². The standard InChI is InChI=1S/C14H15F2N3O2/c15-11-7-10(14(20)21)8-12(16)13(11)18-3-1-2-5-19-6-4-17-9-19/h4,6-9,18H,1-3,5H2,(H,20,21). The topological polar surface area (TPSA) is 67.2 Å². The zero-order valence-corrected chi connectivity index (χ0v) is 11.2. The molecule has 112 valence electrons. The molecular weight excluding hydrogens is 280 g/mol. The summed E-state index contributed by atoms with van der Waals surface area (Å²) in [5.74, 6) is -3.16. The molecule has 1 aromatic carbocycles. The quantitative estimate of drug-likeness (QED) is 0.771. The first-order valence-electron chi connectivity index (χ1n) is 6.50. The number of carboxylic acids is 1. The fourth-order valence-corrected chi connectivity index (χ4v) is 1.92. The summed E-state index contributed by atoms with van der Waals surface area (Å²) in [6.45, 7) is 1.18. The third-order valence-corrected chi connectivity index (χ3v) is 2.99. The molecule has 0 atom stereocenters. The van der Waals surface area contributed by atoms with Crippen LogP contribution in [0.2, 0.25) is 0 Å². The summed E-state index contributed by atoms with van der Waals surface area (Å²) >= 11 is 0. The first-order chi connectivity index (χ1) is 10.1. The van der Waals surface area contributed by atoms with E-state index in [4.69, 9.17) is 5.11 Å². The van der Waals surface area contributed by atoms with Gasteiger partial charge < -0.3 is 15.0 Å². The van der Waals surface area contributed by atoms with Crippen molar-refractivity contribution >= 4 is 11.7 Å². The summed E-state index contributed by atoms with van der Waals surface area (Å²) in [4.78, 5) is 14.6. The largest absolute Gasteiger partial charge is 0.478 e. The number of benzene rings is 1. The molecule has 5 nitrogen and oxygen atoms in total. The Morgan fingerprint density at radius 2 is 2.00 bits per heavy atom. The summed E-state index contributed by atoms with van der Waals surface area (Å²) in [5.41, 5.74) is -0.696. The molecule has 0 spiro atoms. The van der Waals surface area contributed by atoms with Crippen molar-refractivity contribution in [1.82, 2.24) is 9.55 Å². The fraction of sp³-hybridized carbons (Fsp3) is 0.286. The highest BCUT2D eigenvalue weighted by molar-refractivity contribution is 5.88. The van der Waals surface area contributed by atoms with Gasteiger partial charge in [-0.15, -0.1) is 0 Å². The Kier molecular flexibility index (Phi) is 4.86. The maximum absolute atomic E-state index is 13.6. The lowest BCUT2D eigenvalue weighted by Gasteiger charge is -2.09. The van der Waals surface area contributed by atoms with Gasteiger partial charge in [-0.25, -0.2) is 18.6 Å². The van der Waals surface area contributed by atoms with E-state index in [1.165, 1.54) is 0 Å². The molecule has 0 radical (unpaired) electrons. The van der Waals surface area contributed by atoms with E-state index in [9.17, 15) is 13.6 Å². The normalized spacial score (nSPS) is 10.6. The van der Waals surface area contributed by atoms with Gasteiger partial charge in [-0.2, -0.15) is 0 Å². The maximum atomic E-state index is 13.6. The third kappa shape index (κ3) is 4.01. The van der Waals surface area contributed by atoms with Crippen LogP contribution in [0.1, 0.15) is 23.2 Å². The lowest BCUT2D eigenvalue weighted by Crippen LogP contribution is -2.08. The predicted molar refractivity (Wildman–Crippen MR) is 73.3 cm³/mol. The molecule has 21 heavy (non-hydrogen) atoms. The number of carbonyl (C=O) groups is 1. The van der Waals surface area contributed by atoms with Crippen LogP contribution in [-0.4, -0.2) is 27.2 Å². The number of hydrogen-bond donors (Lipinski definition) is 2. The van der Waals surface area contributed by atoms with E-state index in [2.05, 4.69) is 10.3 Å². The third-order valence-electron chi connectivity index (χ3n) is 2.99. The summed E-state index contributed by atoms with van der Waals surface area (Å²) < 4.78 is 29.2. The van der Waals surface area contributed by atoms with E-state index in [0.717, 1.165) is 31.5 Å². The van der Waals surface area contributed by atoms with Gasteiger partial charge >= 0.3 is 5.97 Å². The van der Waals surface area contributed by atoms with Crippen molar-refractivity contribution < 1.29 is 18.7 Å². The SMILES string of the molecule is O=C(O)c1cc(F)c(NCCCCn2ccnc2)c(F)c1. The fourth-order valence-electron chi connectivity index (χ4n) is 1.92. The van der Waals surface area contributed by atoms with E-state index in [0.29, 0.717) is 6.54 Å². The highest BCUT2D eigenvalue weighted by atomic mass is 19.1. The zero-order valence-electron chi connectivity index (χ0n) is 11.2. The minimum Gasteiger partial charge on any atom is -0.478 e. The van der Waals surface area contributed by atoms with Gasteiger partial charge in [0.05, 0.1) is 11.9 Å². The van der Waals surface area contributed by atoms with E-state index >= 15 is 0 Å². The molecular formula is C14H15F2N3O2. The summed E-state index contributed by atoms with van der Waals surface area (Å²) in [6.07, 6.45) is 6.79. The second-order valence-electron chi connectivity index (χ2n) is 4.55. The molecule has 0 unspecified atom stereocenters. The number of carboxylic acid groups (broad SMARTS) is 1. The van der Waals surface area contributed by atoms with Gasteiger partial charge in [0.15, 0.2) is 0 Å². The Morgan fingerprint density at radius 1 is 1.29 bits per heavy atom. The van der Waals surface area contributed by atoms with E-state index in [1.54, 1.807) is 12.5 Å². The molecule has 1 aromatic heterocycles. The highest BCUT2D eigenvalue weighted by Gasteiger charge is 2.14. The maximum Gasteiger partial charge on any atom is 0.335 e. The number of imidazole rings is 1.